The van der Waals surface area contributed by atoms with Gasteiger partial charge in [-0.05, 0) is 76.5 Å². The van der Waals surface area contributed by atoms with Crippen molar-refractivity contribution >= 4 is 63.5 Å². The highest BCUT2D eigenvalue weighted by Gasteiger charge is 2.15. The molecule has 0 bridgehead atoms. The smallest absolute Gasteiger partial charge is 0.266 e. The summed E-state index contributed by atoms with van der Waals surface area (Å²) in [6.45, 7) is 2.23. The van der Waals surface area contributed by atoms with Crippen molar-refractivity contribution in [1.82, 2.24) is 0 Å². The number of nitrogens with one attached hydrogen (secondary N) is 1. The van der Waals surface area contributed by atoms with E-state index in [-0.39, 0.29) is 12.2 Å². The van der Waals surface area contributed by atoms with E-state index in [1.54, 1.807) is 24.3 Å². The van der Waals surface area contributed by atoms with E-state index >= 15 is 0 Å². The van der Waals surface area contributed by atoms with Crippen LogP contribution in [0.4, 0.5) is 5.69 Å². The molecule has 0 heterocycles. The average molecular weight is 607 g/mol. The van der Waals surface area contributed by atoms with Crippen molar-refractivity contribution in [3.05, 3.63) is 90.5 Å². The molecule has 1 amide bonds. The van der Waals surface area contributed by atoms with Gasteiger partial charge in [0.25, 0.3) is 5.91 Å². The second-order valence-electron chi connectivity index (χ2n) is 7.19. The van der Waals surface area contributed by atoms with E-state index in [2.05, 4.69) is 27.9 Å². The van der Waals surface area contributed by atoms with Crippen molar-refractivity contribution < 1.29 is 14.3 Å². The van der Waals surface area contributed by atoms with Crippen molar-refractivity contribution in [3.63, 3.8) is 0 Å². The molecule has 0 aliphatic carbocycles. The van der Waals surface area contributed by atoms with Crippen LogP contribution in [0.15, 0.2) is 60.2 Å². The lowest BCUT2D eigenvalue weighted by atomic mass is 10.1. The molecular weight excluding hydrogens is 586 g/mol. The number of carbonyl (C=O) groups is 1. The summed E-state index contributed by atoms with van der Waals surface area (Å²) in [6.07, 6.45) is 2.29. The molecule has 0 radical (unpaired) electrons. The van der Waals surface area contributed by atoms with Crippen LogP contribution >= 0.6 is 45.8 Å². The molecule has 0 saturated carbocycles. The summed E-state index contributed by atoms with van der Waals surface area (Å²) in [5.74, 6) is 0.526. The molecule has 5 nitrogen and oxygen atoms in total. The molecule has 8 heteroatoms. The third-order valence-corrected chi connectivity index (χ3v) is 6.35. The molecule has 0 atom stereocenters. The summed E-state index contributed by atoms with van der Waals surface area (Å²) in [6, 6.07) is 18.2. The Morgan fingerprint density at radius 3 is 2.59 bits per heavy atom. The zero-order chi connectivity index (χ0) is 24.7. The Labute approximate surface area is 222 Å². The number of carbonyl (C=O) groups excluding carboxylic acids is 1. The van der Waals surface area contributed by atoms with E-state index in [0.29, 0.717) is 32.8 Å². The van der Waals surface area contributed by atoms with Crippen LogP contribution in [-0.2, 0) is 17.8 Å². The lowest BCUT2D eigenvalue weighted by Crippen LogP contribution is -2.14. The fourth-order valence-electron chi connectivity index (χ4n) is 3.21. The van der Waals surface area contributed by atoms with E-state index in [1.807, 2.05) is 43.3 Å². The monoisotopic (exact) mass is 606 g/mol. The largest absolute Gasteiger partial charge is 0.493 e. The van der Waals surface area contributed by atoms with Crippen molar-refractivity contribution in [2.24, 2.45) is 0 Å². The highest BCUT2D eigenvalue weighted by Crippen LogP contribution is 2.36. The standard InChI is InChI=1S/C26H21Cl2IN2O3/c1-3-17-6-4-5-7-23(17)31-26(32)19(14-30)10-16-11-22(29)25(24(12-16)33-2)34-15-18-8-9-20(27)13-21(18)28/h4-13H,3,15H2,1-2H3,(H,31,32)/b19-10+. The van der Waals surface area contributed by atoms with Gasteiger partial charge in [-0.1, -0.05) is 54.4 Å². The molecule has 3 aromatic rings. The number of halogens is 3. The van der Waals surface area contributed by atoms with Crippen molar-refractivity contribution in [3.8, 4) is 17.6 Å². The Bertz CT molecular complexity index is 1290. The number of hydrogen-bond donors (Lipinski definition) is 1. The van der Waals surface area contributed by atoms with Gasteiger partial charge in [-0.3, -0.25) is 4.79 Å². The fraction of sp³-hybridized carbons (Fsp3) is 0.154. The molecule has 1 N–H and O–H groups in total. The number of rotatable bonds is 8. The topological polar surface area (TPSA) is 71.4 Å². The first kappa shape index (κ1) is 25.9. The highest BCUT2D eigenvalue weighted by atomic mass is 127. The Morgan fingerprint density at radius 1 is 1.15 bits per heavy atom. The van der Waals surface area contributed by atoms with Crippen LogP contribution in [-0.4, -0.2) is 13.0 Å². The summed E-state index contributed by atoms with van der Waals surface area (Å²) < 4.78 is 12.2. The van der Waals surface area contributed by atoms with Crippen molar-refractivity contribution in [1.29, 1.82) is 5.26 Å². The predicted octanol–water partition coefficient (Wildman–Crippen LogP) is 7.29. The van der Waals surface area contributed by atoms with Crippen LogP contribution < -0.4 is 14.8 Å². The summed E-state index contributed by atoms with van der Waals surface area (Å²) in [4.78, 5) is 12.8. The molecule has 34 heavy (non-hydrogen) atoms. The quantitative estimate of drug-likeness (QED) is 0.166. The number of amides is 1. The van der Waals surface area contributed by atoms with Gasteiger partial charge >= 0.3 is 0 Å². The normalized spacial score (nSPS) is 11.0. The van der Waals surface area contributed by atoms with Crippen LogP contribution in [0.1, 0.15) is 23.6 Å². The number of ether oxygens (including phenoxy) is 2. The Kier molecular flexibility index (Phi) is 9.22. The number of nitrogens with zero attached hydrogens (tertiary/aromatic N) is 1. The summed E-state index contributed by atoms with van der Waals surface area (Å²) in [5, 5.41) is 13.5. The van der Waals surface area contributed by atoms with Gasteiger partial charge in [-0.25, -0.2) is 0 Å². The zero-order valence-corrected chi connectivity index (χ0v) is 22.2. The molecular formula is C26H21Cl2IN2O3. The van der Waals surface area contributed by atoms with Gasteiger partial charge in [0, 0.05) is 21.3 Å². The average Bonchev–Trinajstić information content (AvgIpc) is 2.82. The number of anilines is 1. The number of benzene rings is 3. The molecule has 0 aliphatic rings. The second-order valence-corrected chi connectivity index (χ2v) is 9.20. The van der Waals surface area contributed by atoms with Crippen molar-refractivity contribution in [2.45, 2.75) is 20.0 Å². The molecule has 3 rings (SSSR count). The Morgan fingerprint density at radius 2 is 1.91 bits per heavy atom. The lowest BCUT2D eigenvalue weighted by Gasteiger charge is -2.14. The third-order valence-electron chi connectivity index (χ3n) is 4.96. The van der Waals surface area contributed by atoms with E-state index in [0.717, 1.165) is 21.1 Å². The first-order valence-corrected chi connectivity index (χ1v) is 12.1. The molecule has 174 valence electrons. The van der Waals surface area contributed by atoms with Crippen LogP contribution in [0.3, 0.4) is 0 Å². The third kappa shape index (κ3) is 6.44. The minimum absolute atomic E-state index is 0.0228. The number of hydrogen-bond acceptors (Lipinski definition) is 4. The molecule has 3 aromatic carbocycles. The second kappa shape index (κ2) is 12.1. The number of methoxy groups -OCH3 is 1. The SMILES string of the molecule is CCc1ccccc1NC(=O)/C(C#N)=C/c1cc(I)c(OCc2ccc(Cl)cc2Cl)c(OC)c1. The Balaban J connectivity index is 1.84. The van der Waals surface area contributed by atoms with E-state index in [1.165, 1.54) is 13.2 Å². The maximum atomic E-state index is 12.8. The van der Waals surface area contributed by atoms with Crippen LogP contribution in [0.5, 0.6) is 11.5 Å². The lowest BCUT2D eigenvalue weighted by molar-refractivity contribution is -0.112. The summed E-state index contributed by atoms with van der Waals surface area (Å²) in [7, 11) is 1.53. The number of para-hydroxylation sites is 1. The molecule has 0 fully saturated rings. The number of nitriles is 1. The zero-order valence-electron chi connectivity index (χ0n) is 18.5. The molecule has 0 aromatic heterocycles. The van der Waals surface area contributed by atoms with Gasteiger partial charge < -0.3 is 14.8 Å². The first-order valence-electron chi connectivity index (χ1n) is 10.3. The minimum atomic E-state index is -0.477. The van der Waals surface area contributed by atoms with Gasteiger partial charge in [0.1, 0.15) is 18.2 Å². The fourth-order valence-corrected chi connectivity index (χ4v) is 4.45. The summed E-state index contributed by atoms with van der Waals surface area (Å²) in [5.41, 5.74) is 3.07. The highest BCUT2D eigenvalue weighted by molar-refractivity contribution is 14.1. The van der Waals surface area contributed by atoms with E-state index in [9.17, 15) is 10.1 Å². The molecule has 0 saturated heterocycles. The number of aryl methyl sites for hydroxylation is 1. The van der Waals surface area contributed by atoms with Gasteiger partial charge in [-0.2, -0.15) is 5.26 Å². The molecule has 0 aliphatic heterocycles. The van der Waals surface area contributed by atoms with Gasteiger partial charge in [0.15, 0.2) is 11.5 Å². The van der Waals surface area contributed by atoms with Gasteiger partial charge in [-0.15, -0.1) is 0 Å². The Hall–Kier alpha value is -2.73. The molecule has 0 spiro atoms. The predicted molar refractivity (Wildman–Crippen MR) is 145 cm³/mol. The van der Waals surface area contributed by atoms with Crippen molar-refractivity contribution in [2.75, 3.05) is 12.4 Å². The van der Waals surface area contributed by atoms with E-state index < -0.39 is 5.91 Å². The van der Waals surface area contributed by atoms with E-state index in [4.69, 9.17) is 32.7 Å². The van der Waals surface area contributed by atoms with Gasteiger partial charge in [0.05, 0.1) is 10.7 Å². The first-order chi connectivity index (χ1) is 16.4. The van der Waals surface area contributed by atoms with Crippen LogP contribution in [0.25, 0.3) is 6.08 Å². The summed E-state index contributed by atoms with van der Waals surface area (Å²) >= 11 is 14.3. The maximum absolute atomic E-state index is 12.8. The minimum Gasteiger partial charge on any atom is -0.493 e. The maximum Gasteiger partial charge on any atom is 0.266 e. The van der Waals surface area contributed by atoms with Crippen LogP contribution in [0.2, 0.25) is 10.0 Å². The molecule has 0 unspecified atom stereocenters. The van der Waals surface area contributed by atoms with Crippen LogP contribution in [0, 0.1) is 14.9 Å². The van der Waals surface area contributed by atoms with Gasteiger partial charge in [0.2, 0.25) is 0 Å².